The first-order chi connectivity index (χ1) is 28.1. The lowest BCUT2D eigenvalue weighted by atomic mass is 9.97. The molecule has 0 amide bonds. The smallest absolute Gasteiger partial charge is 0.312 e. The van der Waals surface area contributed by atoms with Crippen molar-refractivity contribution in [2.45, 2.75) is 76.2 Å². The Morgan fingerprint density at radius 2 is 1.07 bits per heavy atom. The van der Waals surface area contributed by atoms with Gasteiger partial charge < -0.3 is 33.5 Å². The molecule has 6 atom stereocenters. The van der Waals surface area contributed by atoms with E-state index in [1.165, 1.54) is 4.68 Å². The molecule has 57 heavy (non-hydrogen) atoms. The van der Waals surface area contributed by atoms with Crippen molar-refractivity contribution in [1.29, 1.82) is 0 Å². The van der Waals surface area contributed by atoms with Gasteiger partial charge in [0, 0.05) is 0 Å². The number of carboxylic acids is 1. The van der Waals surface area contributed by atoms with Gasteiger partial charge in [-0.15, -0.1) is 5.10 Å². The Morgan fingerprint density at radius 1 is 0.596 bits per heavy atom. The zero-order valence-corrected chi connectivity index (χ0v) is 31.6. The summed E-state index contributed by atoms with van der Waals surface area (Å²) in [5.74, 6) is -1.75. The molecule has 6 aromatic rings. The molecular formula is C46H47N3O8. The second-order valence-electron chi connectivity index (χ2n) is 13.9. The van der Waals surface area contributed by atoms with E-state index < -0.39 is 42.6 Å². The van der Waals surface area contributed by atoms with Crippen LogP contribution in [0.5, 0.6) is 0 Å². The van der Waals surface area contributed by atoms with E-state index >= 15 is 0 Å². The second-order valence-corrected chi connectivity index (χ2v) is 13.9. The van der Waals surface area contributed by atoms with Crippen LogP contribution in [0.3, 0.4) is 0 Å². The van der Waals surface area contributed by atoms with Crippen LogP contribution in [0.15, 0.2) is 158 Å². The first kappa shape index (κ1) is 39.7. The quantitative estimate of drug-likeness (QED) is 0.0843. The fourth-order valence-corrected chi connectivity index (χ4v) is 6.74. The van der Waals surface area contributed by atoms with Crippen molar-refractivity contribution >= 4 is 5.97 Å². The van der Waals surface area contributed by atoms with Gasteiger partial charge in [-0.3, -0.25) is 9.48 Å². The fourth-order valence-electron chi connectivity index (χ4n) is 6.74. The molecule has 294 valence electrons. The molecule has 0 spiro atoms. The number of hydrogen-bond acceptors (Lipinski definition) is 9. The predicted octanol–water partition coefficient (Wildman–Crippen LogP) is 7.36. The summed E-state index contributed by atoms with van der Waals surface area (Å²) in [6, 6.07) is 48.9. The highest BCUT2D eigenvalue weighted by atomic mass is 16.7. The van der Waals surface area contributed by atoms with Crippen LogP contribution in [-0.2, 0) is 72.8 Å². The molecule has 11 nitrogen and oxygen atoms in total. The molecule has 0 radical (unpaired) electrons. The molecular weight excluding hydrogens is 723 g/mol. The van der Waals surface area contributed by atoms with Gasteiger partial charge in [-0.25, -0.2) is 0 Å². The van der Waals surface area contributed by atoms with E-state index in [1.54, 1.807) is 18.3 Å². The Hall–Kier alpha value is -5.53. The number of carboxylic acid groups (broad SMARTS) is 1. The van der Waals surface area contributed by atoms with E-state index in [2.05, 4.69) is 10.3 Å². The molecule has 1 N–H and O–H groups in total. The molecule has 1 unspecified atom stereocenters. The van der Waals surface area contributed by atoms with E-state index in [0.29, 0.717) is 31.1 Å². The molecule has 1 aromatic heterocycles. The Kier molecular flexibility index (Phi) is 14.3. The lowest BCUT2D eigenvalue weighted by molar-refractivity contribution is -0.331. The number of rotatable bonds is 20. The normalized spacial score (nSPS) is 19.9. The highest BCUT2D eigenvalue weighted by molar-refractivity contribution is 5.75. The van der Waals surface area contributed by atoms with Gasteiger partial charge in [0.15, 0.2) is 6.29 Å². The molecule has 1 fully saturated rings. The fraction of sp³-hybridized carbons (Fsp3) is 0.283. The Morgan fingerprint density at radius 3 is 1.60 bits per heavy atom. The van der Waals surface area contributed by atoms with Gasteiger partial charge in [0.1, 0.15) is 36.0 Å². The first-order valence-electron chi connectivity index (χ1n) is 19.1. The van der Waals surface area contributed by atoms with Crippen molar-refractivity contribution in [2.75, 3.05) is 6.61 Å². The molecule has 1 aliphatic heterocycles. The van der Waals surface area contributed by atoms with Gasteiger partial charge in [-0.1, -0.05) is 157 Å². The molecule has 1 saturated heterocycles. The van der Waals surface area contributed by atoms with Crippen LogP contribution in [-0.4, -0.2) is 63.4 Å². The lowest BCUT2D eigenvalue weighted by Crippen LogP contribution is -2.61. The van der Waals surface area contributed by atoms with Crippen LogP contribution in [0.1, 0.15) is 39.4 Å². The molecule has 11 heteroatoms. The van der Waals surface area contributed by atoms with Gasteiger partial charge >= 0.3 is 5.97 Å². The largest absolute Gasteiger partial charge is 0.481 e. The Bertz CT molecular complexity index is 2060. The van der Waals surface area contributed by atoms with Crippen LogP contribution in [0, 0.1) is 0 Å². The maximum Gasteiger partial charge on any atom is 0.312 e. The standard InChI is InChI=1S/C46H47N3O8/c50-45(51)40(38-24-14-5-15-25-38)27-49-26-39(47-48-49)32-56-46-44(55-31-37-22-12-4-13-23-37)43(54-30-36-20-10-3-11-21-36)42(53-29-35-18-8-2-9-19-35)41(57-46)33-52-28-34-16-6-1-7-17-34/h1-26,40-44,46H,27-33H2,(H,50,51)/t40?,41-,42+,43+,44-,46-/m1/s1. The van der Waals surface area contributed by atoms with Crippen LogP contribution >= 0.6 is 0 Å². The van der Waals surface area contributed by atoms with Gasteiger partial charge in [-0.2, -0.15) is 0 Å². The van der Waals surface area contributed by atoms with Crippen LogP contribution in [0.4, 0.5) is 0 Å². The molecule has 0 bridgehead atoms. The third-order valence-corrected chi connectivity index (χ3v) is 9.69. The zero-order valence-electron chi connectivity index (χ0n) is 31.6. The van der Waals surface area contributed by atoms with Gasteiger partial charge in [0.05, 0.1) is 52.4 Å². The van der Waals surface area contributed by atoms with Crippen LogP contribution in [0.2, 0.25) is 0 Å². The summed E-state index contributed by atoms with van der Waals surface area (Å²) in [4.78, 5) is 12.2. The maximum absolute atomic E-state index is 12.2. The van der Waals surface area contributed by atoms with Gasteiger partial charge in [-0.05, 0) is 27.8 Å². The van der Waals surface area contributed by atoms with E-state index in [1.807, 2.05) is 140 Å². The lowest BCUT2D eigenvalue weighted by Gasteiger charge is -2.45. The minimum Gasteiger partial charge on any atom is -0.481 e. The summed E-state index contributed by atoms with van der Waals surface area (Å²) in [5.41, 5.74) is 5.18. The minimum atomic E-state index is -0.949. The summed E-state index contributed by atoms with van der Waals surface area (Å²) in [6.07, 6.45) is -1.87. The number of aromatic nitrogens is 3. The van der Waals surface area contributed by atoms with E-state index in [9.17, 15) is 9.90 Å². The van der Waals surface area contributed by atoms with Crippen molar-refractivity contribution in [3.05, 3.63) is 191 Å². The number of ether oxygens (including phenoxy) is 6. The number of carbonyl (C=O) groups is 1. The van der Waals surface area contributed by atoms with Gasteiger partial charge in [0.25, 0.3) is 0 Å². The molecule has 0 aliphatic carbocycles. The average molecular weight is 770 g/mol. The van der Waals surface area contributed by atoms with Crippen molar-refractivity contribution in [2.24, 2.45) is 0 Å². The minimum absolute atomic E-state index is 0.0114. The van der Waals surface area contributed by atoms with Crippen molar-refractivity contribution in [3.8, 4) is 0 Å². The molecule has 2 heterocycles. The topological polar surface area (TPSA) is 123 Å². The third kappa shape index (κ3) is 11.5. The monoisotopic (exact) mass is 769 g/mol. The zero-order chi connectivity index (χ0) is 39.1. The summed E-state index contributed by atoms with van der Waals surface area (Å²) >= 11 is 0. The van der Waals surface area contributed by atoms with Crippen LogP contribution < -0.4 is 0 Å². The molecule has 5 aromatic carbocycles. The number of benzene rings is 5. The highest BCUT2D eigenvalue weighted by Crippen LogP contribution is 2.32. The van der Waals surface area contributed by atoms with Crippen molar-refractivity contribution < 1.29 is 38.3 Å². The number of aliphatic carboxylic acids is 1. The Balaban J connectivity index is 1.15. The second kappa shape index (κ2) is 20.6. The third-order valence-electron chi connectivity index (χ3n) is 9.69. The average Bonchev–Trinajstić information content (AvgIpc) is 3.72. The van der Waals surface area contributed by atoms with E-state index in [4.69, 9.17) is 28.4 Å². The summed E-state index contributed by atoms with van der Waals surface area (Å²) in [5, 5.41) is 18.6. The van der Waals surface area contributed by atoms with E-state index in [-0.39, 0.29) is 26.4 Å². The molecule has 7 rings (SSSR count). The van der Waals surface area contributed by atoms with Crippen LogP contribution in [0.25, 0.3) is 0 Å². The number of hydrogen-bond donors (Lipinski definition) is 1. The SMILES string of the molecule is O=C(O)C(Cn1cc(CO[C@@H]2O[C@H](COCc3ccccc3)[C@H](OCc3ccccc3)[C@H](OCc3ccccc3)[C@H]2OCc2ccccc2)nn1)c1ccccc1. The summed E-state index contributed by atoms with van der Waals surface area (Å²) in [7, 11) is 0. The maximum atomic E-state index is 12.2. The van der Waals surface area contributed by atoms with Crippen molar-refractivity contribution in [3.63, 3.8) is 0 Å². The predicted molar refractivity (Wildman–Crippen MR) is 211 cm³/mol. The molecule has 1 aliphatic rings. The molecule has 0 saturated carbocycles. The number of nitrogens with zero attached hydrogens (tertiary/aromatic N) is 3. The van der Waals surface area contributed by atoms with Crippen molar-refractivity contribution in [1.82, 2.24) is 15.0 Å². The van der Waals surface area contributed by atoms with E-state index in [0.717, 1.165) is 22.3 Å². The Labute approximate surface area is 332 Å². The van der Waals surface area contributed by atoms with Gasteiger partial charge in [0.2, 0.25) is 0 Å². The highest BCUT2D eigenvalue weighted by Gasteiger charge is 2.49. The first-order valence-corrected chi connectivity index (χ1v) is 19.1. The summed E-state index contributed by atoms with van der Waals surface area (Å²) < 4.78 is 41.4. The summed E-state index contributed by atoms with van der Waals surface area (Å²) in [6.45, 7) is 1.57.